The van der Waals surface area contributed by atoms with Gasteiger partial charge in [-0.2, -0.15) is 9.97 Å². The molecule has 0 bridgehead atoms. The number of aryl methyl sites for hydroxylation is 4. The van der Waals surface area contributed by atoms with Crippen molar-refractivity contribution in [2.24, 2.45) is 0 Å². The van der Waals surface area contributed by atoms with E-state index in [2.05, 4.69) is 46.4 Å². The summed E-state index contributed by atoms with van der Waals surface area (Å²) in [6.07, 6.45) is 13.7. The number of hydrogen-bond acceptors (Lipinski definition) is 12. The number of nitrogens with one attached hydrogen (secondary N) is 2. The van der Waals surface area contributed by atoms with Crippen LogP contribution in [0.5, 0.6) is 11.5 Å². The first kappa shape index (κ1) is 37.1. The average molecular weight is 743 g/mol. The van der Waals surface area contributed by atoms with Gasteiger partial charge in [0.05, 0.1) is 49.6 Å². The summed E-state index contributed by atoms with van der Waals surface area (Å²) in [5.41, 5.74) is 7.46. The fourth-order valence-corrected chi connectivity index (χ4v) is 6.91. The Labute approximate surface area is 322 Å². The number of hydrogen-bond donors (Lipinski definition) is 2. The largest absolute Gasteiger partial charge is 0.494 e. The summed E-state index contributed by atoms with van der Waals surface area (Å²) in [6, 6.07) is 16.0. The molecule has 6 aromatic rings. The first-order valence-electron chi connectivity index (χ1n) is 18.9. The predicted molar refractivity (Wildman–Crippen MR) is 217 cm³/mol. The van der Waals surface area contributed by atoms with Crippen LogP contribution in [0.2, 0.25) is 0 Å². The lowest BCUT2D eigenvalue weighted by atomic mass is 10.1. The van der Waals surface area contributed by atoms with Gasteiger partial charge in [-0.15, -0.1) is 0 Å². The molecule has 4 aromatic heterocycles. The minimum Gasteiger partial charge on any atom is -0.494 e. The van der Waals surface area contributed by atoms with Gasteiger partial charge in [0.15, 0.2) is 0 Å². The van der Waals surface area contributed by atoms with Crippen LogP contribution in [0.15, 0.2) is 73.6 Å². The molecule has 0 aliphatic carbocycles. The van der Waals surface area contributed by atoms with Gasteiger partial charge in [0.1, 0.15) is 23.1 Å². The van der Waals surface area contributed by atoms with E-state index in [0.717, 1.165) is 94.8 Å². The van der Waals surface area contributed by atoms with Crippen LogP contribution in [-0.2, 0) is 0 Å². The van der Waals surface area contributed by atoms with Crippen molar-refractivity contribution in [1.29, 1.82) is 0 Å². The maximum Gasteiger partial charge on any atom is 0.229 e. The molecule has 0 spiro atoms. The maximum absolute atomic E-state index is 5.59. The smallest absolute Gasteiger partial charge is 0.229 e. The lowest BCUT2D eigenvalue weighted by Crippen LogP contribution is -2.30. The van der Waals surface area contributed by atoms with E-state index < -0.39 is 0 Å². The molecule has 0 radical (unpaired) electrons. The van der Waals surface area contributed by atoms with Crippen molar-refractivity contribution in [3.63, 3.8) is 0 Å². The summed E-state index contributed by atoms with van der Waals surface area (Å²) in [7, 11) is 3.34. The Morgan fingerprint density at radius 3 is 1.31 bits per heavy atom. The molecule has 0 atom stereocenters. The summed E-state index contributed by atoms with van der Waals surface area (Å²) < 4.78 is 15.1. The van der Waals surface area contributed by atoms with E-state index in [1.165, 1.54) is 32.1 Å². The lowest BCUT2D eigenvalue weighted by Gasteiger charge is -2.28. The van der Waals surface area contributed by atoms with Crippen molar-refractivity contribution < 1.29 is 9.47 Å². The van der Waals surface area contributed by atoms with Crippen molar-refractivity contribution in [2.45, 2.75) is 59.8 Å². The molecule has 0 amide bonds. The van der Waals surface area contributed by atoms with Crippen molar-refractivity contribution in [3.8, 4) is 22.9 Å². The monoisotopic (exact) mass is 742 g/mol. The van der Waals surface area contributed by atoms with Crippen molar-refractivity contribution in [1.82, 2.24) is 39.0 Å². The zero-order valence-electron chi connectivity index (χ0n) is 32.6. The summed E-state index contributed by atoms with van der Waals surface area (Å²) >= 11 is 0. The first-order chi connectivity index (χ1) is 26.7. The zero-order chi connectivity index (χ0) is 38.3. The minimum atomic E-state index is 0.602. The van der Waals surface area contributed by atoms with E-state index in [1.807, 2.05) is 91.7 Å². The average Bonchev–Trinajstić information content (AvgIpc) is 3.98. The standard InChI is InChI=1S/C21H26N6O.C20H24N6O/c1-15-11-20(26-9-5-4-6-10-26)25-21(23-15)24-17-7-8-18(19(12-17)28-3)27-13-16(2)22-14-27;1-14-10-19(25-8-4-5-9-25)24-20(22-14)23-16-6-7-17(18(11-16)27-3)26-12-15(2)21-13-26/h7-8,11-14H,4-6,9-10H2,1-3H3,(H,23,24,25);6-7,10-13H,4-5,8-9H2,1-3H3,(H,22,23,24). The molecule has 2 aliphatic heterocycles. The highest BCUT2D eigenvalue weighted by atomic mass is 16.5. The van der Waals surface area contributed by atoms with Crippen LogP contribution in [0.4, 0.5) is 34.9 Å². The van der Waals surface area contributed by atoms with Gasteiger partial charge in [0.25, 0.3) is 0 Å². The Hall–Kier alpha value is -6.18. The SMILES string of the molecule is COc1cc(Nc2nc(C)cc(N3CCCC3)n2)ccc1-n1cnc(C)c1.COc1cc(Nc2nc(C)cc(N3CCCCC3)n2)ccc1-n1cnc(C)c1. The van der Waals surface area contributed by atoms with Gasteiger partial charge in [-0.25, -0.2) is 19.9 Å². The highest BCUT2D eigenvalue weighted by Crippen LogP contribution is 2.30. The zero-order valence-corrected chi connectivity index (χ0v) is 32.6. The van der Waals surface area contributed by atoms with E-state index in [9.17, 15) is 0 Å². The molecule has 286 valence electrons. The number of ether oxygens (including phenoxy) is 2. The number of rotatable bonds is 10. The van der Waals surface area contributed by atoms with Gasteiger partial charge in [0, 0.05) is 85.6 Å². The lowest BCUT2D eigenvalue weighted by molar-refractivity contribution is 0.413. The summed E-state index contributed by atoms with van der Waals surface area (Å²) in [4.78, 5) is 31.8. The van der Waals surface area contributed by atoms with E-state index in [1.54, 1.807) is 26.9 Å². The van der Waals surface area contributed by atoms with Gasteiger partial charge in [-0.1, -0.05) is 0 Å². The first-order valence-corrected chi connectivity index (χ1v) is 18.9. The van der Waals surface area contributed by atoms with Crippen LogP contribution >= 0.6 is 0 Å². The third-order valence-electron chi connectivity index (χ3n) is 9.64. The molecule has 14 nitrogen and oxygen atoms in total. The normalized spacial score (nSPS) is 14.0. The Kier molecular flexibility index (Phi) is 11.4. The Morgan fingerprint density at radius 1 is 0.509 bits per heavy atom. The highest BCUT2D eigenvalue weighted by molar-refractivity contribution is 5.64. The molecule has 2 N–H and O–H groups in total. The third-order valence-corrected chi connectivity index (χ3v) is 9.64. The number of aromatic nitrogens is 8. The molecule has 0 unspecified atom stereocenters. The summed E-state index contributed by atoms with van der Waals surface area (Å²) in [5, 5.41) is 6.64. The molecule has 14 heteroatoms. The number of methoxy groups -OCH3 is 2. The van der Waals surface area contributed by atoms with E-state index >= 15 is 0 Å². The Morgan fingerprint density at radius 2 is 0.927 bits per heavy atom. The molecule has 6 heterocycles. The minimum absolute atomic E-state index is 0.602. The molecule has 55 heavy (non-hydrogen) atoms. The topological polar surface area (TPSA) is 136 Å². The van der Waals surface area contributed by atoms with E-state index in [-0.39, 0.29) is 0 Å². The number of anilines is 6. The van der Waals surface area contributed by atoms with Crippen LogP contribution < -0.4 is 29.9 Å². The van der Waals surface area contributed by atoms with Crippen molar-refractivity contribution >= 4 is 34.9 Å². The molecule has 8 rings (SSSR count). The van der Waals surface area contributed by atoms with E-state index in [4.69, 9.17) is 19.4 Å². The molecule has 2 fully saturated rings. The third kappa shape index (κ3) is 9.14. The molecular formula is C41H50N12O2. The summed E-state index contributed by atoms with van der Waals surface area (Å²) in [5.74, 6) is 4.70. The second-order valence-electron chi connectivity index (χ2n) is 14.0. The molecule has 2 aliphatic rings. The Balaban J connectivity index is 0.000000169. The van der Waals surface area contributed by atoms with Crippen molar-refractivity contribution in [2.75, 3.05) is 60.8 Å². The Bertz CT molecular complexity index is 2220. The van der Waals surface area contributed by atoms with Crippen LogP contribution in [-0.4, -0.2) is 79.4 Å². The number of piperidine rings is 1. The van der Waals surface area contributed by atoms with Crippen LogP contribution in [0.25, 0.3) is 11.4 Å². The van der Waals surface area contributed by atoms with Crippen LogP contribution in [0.3, 0.4) is 0 Å². The molecule has 0 saturated carbocycles. The molecule has 2 aromatic carbocycles. The van der Waals surface area contributed by atoms with Gasteiger partial charge < -0.3 is 39.0 Å². The maximum atomic E-state index is 5.59. The number of imidazole rings is 2. The molecule has 2 saturated heterocycles. The van der Waals surface area contributed by atoms with Crippen LogP contribution in [0, 0.1) is 27.7 Å². The van der Waals surface area contributed by atoms with Gasteiger partial charge in [0.2, 0.25) is 11.9 Å². The van der Waals surface area contributed by atoms with E-state index in [0.29, 0.717) is 11.9 Å². The van der Waals surface area contributed by atoms with Gasteiger partial charge >= 0.3 is 0 Å². The fourth-order valence-electron chi connectivity index (χ4n) is 6.91. The van der Waals surface area contributed by atoms with Crippen molar-refractivity contribution in [3.05, 3.63) is 96.4 Å². The fraction of sp³-hybridized carbons (Fsp3) is 0.366. The van der Waals surface area contributed by atoms with Gasteiger partial charge in [-0.3, -0.25) is 0 Å². The molecular weight excluding hydrogens is 693 g/mol. The van der Waals surface area contributed by atoms with Crippen LogP contribution in [0.1, 0.15) is 54.9 Å². The predicted octanol–water partition coefficient (Wildman–Crippen LogP) is 7.65. The second-order valence-corrected chi connectivity index (χ2v) is 14.0. The van der Waals surface area contributed by atoms with Gasteiger partial charge in [-0.05, 0) is 84.1 Å². The summed E-state index contributed by atoms with van der Waals surface area (Å²) in [6.45, 7) is 12.2. The number of benzene rings is 2. The number of nitrogens with zero attached hydrogens (tertiary/aromatic N) is 10. The second kappa shape index (κ2) is 16.9. The highest BCUT2D eigenvalue weighted by Gasteiger charge is 2.17. The quantitative estimate of drug-likeness (QED) is 0.143.